The minimum absolute atomic E-state index is 0.882. The van der Waals surface area contributed by atoms with E-state index in [1.54, 1.807) is 0 Å². The van der Waals surface area contributed by atoms with Crippen LogP contribution in [0.25, 0.3) is 0 Å². The van der Waals surface area contributed by atoms with Crippen LogP contribution in [0, 0.1) is 0 Å². The zero-order valence-corrected chi connectivity index (χ0v) is 7.64. The SMILES string of the molecule is O=CN1CCc2ccsc2CC1. The fourth-order valence-electron chi connectivity index (χ4n) is 1.54. The molecule has 64 valence electrons. The fraction of sp³-hybridized carbons (Fsp3) is 0.444. The maximum absolute atomic E-state index is 10.5. The van der Waals surface area contributed by atoms with E-state index in [0.29, 0.717) is 0 Å². The molecule has 0 radical (unpaired) electrons. The first kappa shape index (κ1) is 7.80. The quantitative estimate of drug-likeness (QED) is 0.598. The van der Waals surface area contributed by atoms with E-state index in [2.05, 4.69) is 11.4 Å². The Morgan fingerprint density at radius 1 is 1.42 bits per heavy atom. The smallest absolute Gasteiger partial charge is 0.209 e. The largest absolute Gasteiger partial charge is 0.345 e. The molecule has 1 aliphatic rings. The Labute approximate surface area is 75.8 Å². The molecule has 2 rings (SSSR count). The molecule has 0 bridgehead atoms. The van der Waals surface area contributed by atoms with Gasteiger partial charge in [-0.25, -0.2) is 0 Å². The molecule has 0 spiro atoms. The van der Waals surface area contributed by atoms with Gasteiger partial charge in [0.1, 0.15) is 0 Å². The molecule has 2 nitrogen and oxygen atoms in total. The normalized spacial score (nSPS) is 16.8. The summed E-state index contributed by atoms with van der Waals surface area (Å²) in [6, 6.07) is 2.17. The standard InChI is InChI=1S/C9H11NOS/c11-7-10-4-1-8-3-6-12-9(8)2-5-10/h3,6-7H,1-2,4-5H2. The van der Waals surface area contributed by atoms with Gasteiger partial charge in [-0.15, -0.1) is 11.3 Å². The first-order valence-electron chi connectivity index (χ1n) is 4.15. The maximum atomic E-state index is 10.5. The average Bonchev–Trinajstić information content (AvgIpc) is 2.46. The van der Waals surface area contributed by atoms with Crippen molar-refractivity contribution in [1.82, 2.24) is 4.90 Å². The summed E-state index contributed by atoms with van der Waals surface area (Å²) in [5.74, 6) is 0. The molecule has 0 unspecified atom stereocenters. The predicted octanol–water partition coefficient (Wildman–Crippen LogP) is 1.31. The summed E-state index contributed by atoms with van der Waals surface area (Å²) >= 11 is 1.81. The number of carbonyl (C=O) groups excluding carboxylic acids is 1. The molecule has 1 aliphatic heterocycles. The third kappa shape index (κ3) is 1.37. The van der Waals surface area contributed by atoms with E-state index in [9.17, 15) is 4.79 Å². The summed E-state index contributed by atoms with van der Waals surface area (Å²) in [6.45, 7) is 1.77. The Bertz CT molecular complexity index is 259. The van der Waals surface area contributed by atoms with Gasteiger partial charge in [0.2, 0.25) is 6.41 Å². The number of carbonyl (C=O) groups is 1. The van der Waals surface area contributed by atoms with Crippen molar-refractivity contribution in [2.45, 2.75) is 12.8 Å². The van der Waals surface area contributed by atoms with E-state index >= 15 is 0 Å². The van der Waals surface area contributed by atoms with Crippen LogP contribution in [0.3, 0.4) is 0 Å². The zero-order chi connectivity index (χ0) is 8.39. The lowest BCUT2D eigenvalue weighted by Crippen LogP contribution is -2.24. The van der Waals surface area contributed by atoms with Crippen molar-refractivity contribution in [1.29, 1.82) is 0 Å². The van der Waals surface area contributed by atoms with Gasteiger partial charge < -0.3 is 4.90 Å². The van der Waals surface area contributed by atoms with Gasteiger partial charge in [0, 0.05) is 18.0 Å². The first-order chi connectivity index (χ1) is 5.90. The van der Waals surface area contributed by atoms with Crippen molar-refractivity contribution in [2.75, 3.05) is 13.1 Å². The number of thiophene rings is 1. The van der Waals surface area contributed by atoms with E-state index in [1.165, 1.54) is 10.4 Å². The zero-order valence-electron chi connectivity index (χ0n) is 6.82. The van der Waals surface area contributed by atoms with E-state index in [1.807, 2.05) is 16.2 Å². The van der Waals surface area contributed by atoms with Gasteiger partial charge in [0.15, 0.2) is 0 Å². The Hall–Kier alpha value is -0.830. The highest BCUT2D eigenvalue weighted by molar-refractivity contribution is 7.10. The molecule has 0 N–H and O–H groups in total. The lowest BCUT2D eigenvalue weighted by Gasteiger charge is -2.12. The van der Waals surface area contributed by atoms with Gasteiger partial charge in [-0.2, -0.15) is 0 Å². The summed E-state index contributed by atoms with van der Waals surface area (Å²) in [5.41, 5.74) is 1.43. The van der Waals surface area contributed by atoms with Crippen LogP contribution >= 0.6 is 11.3 Å². The highest BCUT2D eigenvalue weighted by Gasteiger charge is 2.12. The molecule has 1 amide bonds. The van der Waals surface area contributed by atoms with E-state index < -0.39 is 0 Å². The van der Waals surface area contributed by atoms with E-state index in [-0.39, 0.29) is 0 Å². The van der Waals surface area contributed by atoms with Crippen LogP contribution in [0.15, 0.2) is 11.4 Å². The predicted molar refractivity (Wildman–Crippen MR) is 49.4 cm³/mol. The Balaban J connectivity index is 2.15. The number of hydrogen-bond acceptors (Lipinski definition) is 2. The Kier molecular flexibility index (Phi) is 2.13. The molecule has 0 saturated carbocycles. The molecule has 3 heteroatoms. The van der Waals surface area contributed by atoms with Crippen molar-refractivity contribution in [3.8, 4) is 0 Å². The Morgan fingerprint density at radius 3 is 3.08 bits per heavy atom. The number of nitrogens with zero attached hydrogens (tertiary/aromatic N) is 1. The van der Waals surface area contributed by atoms with Crippen molar-refractivity contribution in [2.24, 2.45) is 0 Å². The summed E-state index contributed by atoms with van der Waals surface area (Å²) < 4.78 is 0. The van der Waals surface area contributed by atoms with Crippen LogP contribution in [-0.4, -0.2) is 24.4 Å². The van der Waals surface area contributed by atoms with Gasteiger partial charge in [0.05, 0.1) is 0 Å². The third-order valence-electron chi connectivity index (χ3n) is 2.28. The van der Waals surface area contributed by atoms with Crippen molar-refractivity contribution in [3.63, 3.8) is 0 Å². The van der Waals surface area contributed by atoms with Crippen LogP contribution in [0.5, 0.6) is 0 Å². The summed E-state index contributed by atoms with van der Waals surface area (Å²) in [4.78, 5) is 13.8. The van der Waals surface area contributed by atoms with Crippen LogP contribution < -0.4 is 0 Å². The van der Waals surface area contributed by atoms with Gasteiger partial charge in [-0.05, 0) is 29.9 Å². The fourth-order valence-corrected chi connectivity index (χ4v) is 2.46. The van der Waals surface area contributed by atoms with E-state index in [0.717, 1.165) is 32.3 Å². The molecule has 0 aromatic carbocycles. The highest BCUT2D eigenvalue weighted by atomic mass is 32.1. The number of hydrogen-bond donors (Lipinski definition) is 0. The molecular formula is C9H11NOS. The average molecular weight is 181 g/mol. The maximum Gasteiger partial charge on any atom is 0.209 e. The molecule has 0 aliphatic carbocycles. The summed E-state index contributed by atoms with van der Waals surface area (Å²) in [6.07, 6.45) is 3.01. The second-order valence-corrected chi connectivity index (χ2v) is 4.01. The van der Waals surface area contributed by atoms with E-state index in [4.69, 9.17) is 0 Å². The van der Waals surface area contributed by atoms with Gasteiger partial charge >= 0.3 is 0 Å². The second-order valence-electron chi connectivity index (χ2n) is 3.01. The van der Waals surface area contributed by atoms with Crippen LogP contribution in [0.2, 0.25) is 0 Å². The third-order valence-corrected chi connectivity index (χ3v) is 3.30. The number of fused-ring (bicyclic) bond motifs is 1. The molecule has 1 aromatic heterocycles. The second kappa shape index (κ2) is 3.27. The van der Waals surface area contributed by atoms with Gasteiger partial charge in [0.25, 0.3) is 0 Å². The molecule has 0 saturated heterocycles. The van der Waals surface area contributed by atoms with Crippen molar-refractivity contribution >= 4 is 17.7 Å². The van der Waals surface area contributed by atoms with Crippen molar-refractivity contribution < 1.29 is 4.79 Å². The lowest BCUT2D eigenvalue weighted by atomic mass is 10.2. The molecule has 0 fully saturated rings. The molecular weight excluding hydrogens is 170 g/mol. The van der Waals surface area contributed by atoms with Crippen LogP contribution in [0.1, 0.15) is 10.4 Å². The molecule has 1 aromatic rings. The molecule has 12 heavy (non-hydrogen) atoms. The minimum atomic E-state index is 0.882. The van der Waals surface area contributed by atoms with Gasteiger partial charge in [-0.1, -0.05) is 0 Å². The highest BCUT2D eigenvalue weighted by Crippen LogP contribution is 2.20. The minimum Gasteiger partial charge on any atom is -0.345 e. The topological polar surface area (TPSA) is 20.3 Å². The van der Waals surface area contributed by atoms with Crippen molar-refractivity contribution in [3.05, 3.63) is 21.9 Å². The monoisotopic (exact) mass is 181 g/mol. The molecule has 2 heterocycles. The lowest BCUT2D eigenvalue weighted by molar-refractivity contribution is -0.118. The summed E-state index contributed by atoms with van der Waals surface area (Å²) in [5, 5.41) is 2.14. The van der Waals surface area contributed by atoms with Crippen LogP contribution in [-0.2, 0) is 17.6 Å². The van der Waals surface area contributed by atoms with Crippen LogP contribution in [0.4, 0.5) is 0 Å². The summed E-state index contributed by atoms with van der Waals surface area (Å²) in [7, 11) is 0. The number of amides is 1. The Morgan fingerprint density at radius 2 is 2.25 bits per heavy atom. The van der Waals surface area contributed by atoms with Gasteiger partial charge in [-0.3, -0.25) is 4.79 Å². The number of rotatable bonds is 1. The molecule has 0 atom stereocenters. The first-order valence-corrected chi connectivity index (χ1v) is 5.02.